The molecule has 0 aliphatic heterocycles. The van der Waals surface area contributed by atoms with E-state index in [9.17, 15) is 23.7 Å². The van der Waals surface area contributed by atoms with Crippen molar-refractivity contribution in [2.45, 2.75) is 19.9 Å². The zero-order chi connectivity index (χ0) is 19.3. The number of benzene rings is 1. The van der Waals surface area contributed by atoms with Gasteiger partial charge in [0, 0.05) is 18.3 Å². The van der Waals surface area contributed by atoms with Crippen LogP contribution in [0.3, 0.4) is 0 Å². The Balaban J connectivity index is 2.10. The van der Waals surface area contributed by atoms with Crippen LogP contribution in [0.25, 0.3) is 0 Å². The van der Waals surface area contributed by atoms with Gasteiger partial charge in [-0.05, 0) is 0 Å². The number of nitrogens with one attached hydrogen (secondary N) is 1. The fraction of sp³-hybridized carbons (Fsp3) is 0.333. The van der Waals surface area contributed by atoms with E-state index in [0.717, 1.165) is 12.1 Å². The average molecular weight is 389 g/mol. The third-order valence-corrected chi connectivity index (χ3v) is 3.45. The van der Waals surface area contributed by atoms with Gasteiger partial charge in [-0.25, -0.2) is 8.78 Å². The molecule has 1 aromatic carbocycles. The summed E-state index contributed by atoms with van der Waals surface area (Å²) in [4.78, 5) is 22.5. The lowest BCUT2D eigenvalue weighted by Crippen LogP contribution is -2.24. The quantitative estimate of drug-likeness (QED) is 0.552. The number of amides is 1. The Morgan fingerprint density at radius 1 is 1.46 bits per heavy atom. The minimum absolute atomic E-state index is 0.0683. The largest absolute Gasteiger partial charge is 0.487 e. The molecule has 140 valence electrons. The van der Waals surface area contributed by atoms with E-state index in [4.69, 9.17) is 16.3 Å². The number of halogens is 3. The number of nitrogens with zero attached hydrogens (tertiary/aromatic N) is 3. The maximum atomic E-state index is 12.3. The van der Waals surface area contributed by atoms with Gasteiger partial charge < -0.3 is 10.1 Å². The summed E-state index contributed by atoms with van der Waals surface area (Å²) in [5.74, 6) is -1.10. The van der Waals surface area contributed by atoms with Crippen LogP contribution in [0.4, 0.5) is 20.2 Å². The second-order valence-electron chi connectivity index (χ2n) is 5.45. The van der Waals surface area contributed by atoms with Crippen molar-refractivity contribution in [1.29, 1.82) is 0 Å². The first-order valence-corrected chi connectivity index (χ1v) is 7.81. The zero-order valence-electron chi connectivity index (χ0n) is 13.6. The summed E-state index contributed by atoms with van der Waals surface area (Å²) < 4.78 is 30.8. The Morgan fingerprint density at radius 2 is 2.19 bits per heavy atom. The van der Waals surface area contributed by atoms with Crippen molar-refractivity contribution >= 4 is 28.9 Å². The molecule has 11 heteroatoms. The lowest BCUT2D eigenvalue weighted by Gasteiger charge is -2.13. The van der Waals surface area contributed by atoms with Gasteiger partial charge in [0.15, 0.2) is 0 Å². The summed E-state index contributed by atoms with van der Waals surface area (Å²) in [5, 5.41) is 17.9. The van der Waals surface area contributed by atoms with Gasteiger partial charge in [0.05, 0.1) is 40.4 Å². The van der Waals surface area contributed by atoms with Gasteiger partial charge >= 0.3 is 0 Å². The lowest BCUT2D eigenvalue weighted by molar-refractivity contribution is -0.384. The molecule has 0 bridgehead atoms. The van der Waals surface area contributed by atoms with E-state index in [1.54, 1.807) is 13.1 Å². The molecule has 0 radical (unpaired) electrons. The van der Waals surface area contributed by atoms with Gasteiger partial charge in [0.25, 0.3) is 12.1 Å². The van der Waals surface area contributed by atoms with Crippen molar-refractivity contribution in [3.8, 4) is 5.75 Å². The number of carbonyl (C=O) groups excluding carboxylic acids is 1. The first kappa shape index (κ1) is 19.6. The van der Waals surface area contributed by atoms with Gasteiger partial charge in [-0.15, -0.1) is 0 Å². The minimum atomic E-state index is -2.73. The molecular weight excluding hydrogens is 374 g/mol. The predicted molar refractivity (Wildman–Crippen MR) is 89.6 cm³/mol. The van der Waals surface area contributed by atoms with E-state index >= 15 is 0 Å². The maximum absolute atomic E-state index is 12.3. The second kappa shape index (κ2) is 8.56. The number of alkyl halides is 2. The van der Waals surface area contributed by atoms with Gasteiger partial charge in [0.1, 0.15) is 12.4 Å². The predicted octanol–water partition coefficient (Wildman–Crippen LogP) is 3.36. The molecule has 1 heterocycles. The lowest BCUT2D eigenvalue weighted by atomic mass is 10.1. The highest BCUT2D eigenvalue weighted by atomic mass is 35.5. The number of anilines is 1. The van der Waals surface area contributed by atoms with E-state index in [2.05, 4.69) is 10.4 Å². The number of nitro groups is 1. The van der Waals surface area contributed by atoms with Crippen LogP contribution in [0.15, 0.2) is 30.6 Å². The summed E-state index contributed by atoms with van der Waals surface area (Å²) in [6.07, 6.45) is 0.252. The van der Waals surface area contributed by atoms with E-state index in [1.807, 2.05) is 0 Å². The summed E-state index contributed by atoms with van der Waals surface area (Å²) >= 11 is 5.75. The van der Waals surface area contributed by atoms with Crippen LogP contribution >= 0.6 is 11.6 Å². The fourth-order valence-corrected chi connectivity index (χ4v) is 2.23. The number of rotatable bonds is 8. The van der Waals surface area contributed by atoms with Crippen LogP contribution in [0.5, 0.6) is 5.75 Å². The Bertz CT molecular complexity index is 800. The molecule has 1 aromatic heterocycles. The minimum Gasteiger partial charge on any atom is -0.487 e. The number of ether oxygens (including phenoxy) is 1. The highest BCUT2D eigenvalue weighted by Crippen LogP contribution is 2.27. The molecule has 0 spiro atoms. The van der Waals surface area contributed by atoms with Crippen molar-refractivity contribution in [1.82, 2.24) is 9.78 Å². The average Bonchev–Trinajstić information content (AvgIpc) is 2.97. The number of hydrogen-bond acceptors (Lipinski definition) is 5. The van der Waals surface area contributed by atoms with Crippen LogP contribution in [-0.2, 0) is 11.3 Å². The van der Waals surface area contributed by atoms with E-state index in [0.29, 0.717) is 5.02 Å². The first-order chi connectivity index (χ1) is 12.2. The highest BCUT2D eigenvalue weighted by molar-refractivity contribution is 6.30. The third-order valence-electron chi connectivity index (χ3n) is 3.26. The maximum Gasteiger partial charge on any atom is 0.275 e. The van der Waals surface area contributed by atoms with E-state index < -0.39 is 35.5 Å². The molecule has 0 saturated heterocycles. The number of nitro benzene ring substituents is 1. The Kier molecular flexibility index (Phi) is 6.45. The Morgan fingerprint density at radius 3 is 2.77 bits per heavy atom. The zero-order valence-corrected chi connectivity index (χ0v) is 14.3. The Labute approximate surface area is 151 Å². The highest BCUT2D eigenvalue weighted by Gasteiger charge is 2.18. The number of aromatic nitrogens is 2. The molecule has 0 aliphatic rings. The van der Waals surface area contributed by atoms with E-state index in [1.165, 1.54) is 16.9 Å². The van der Waals surface area contributed by atoms with Gasteiger partial charge in [0.2, 0.25) is 5.91 Å². The molecule has 0 saturated carbocycles. The molecule has 1 atom stereocenters. The van der Waals surface area contributed by atoms with Crippen LogP contribution < -0.4 is 10.1 Å². The molecule has 0 fully saturated rings. The second-order valence-corrected chi connectivity index (χ2v) is 5.88. The molecule has 1 unspecified atom stereocenters. The van der Waals surface area contributed by atoms with Gasteiger partial charge in [-0.3, -0.25) is 19.6 Å². The third kappa shape index (κ3) is 5.66. The molecule has 1 N–H and O–H groups in total. The number of non-ortho nitro benzene ring substituents is 1. The standard InChI is InChI=1S/C15H15ClF2N4O4/c1-9(6-21-7-10(16)5-19-21)15(23)20-11-2-12(22(24)25)4-13(3-11)26-8-14(17)18/h2-5,7,9,14H,6,8H2,1H3,(H,20,23). The smallest absolute Gasteiger partial charge is 0.275 e. The number of carbonyl (C=O) groups is 1. The topological polar surface area (TPSA) is 99.3 Å². The number of hydrogen-bond donors (Lipinski definition) is 1. The van der Waals surface area contributed by atoms with Crippen LogP contribution in [0.1, 0.15) is 6.92 Å². The molecular formula is C15H15ClF2N4O4. The molecule has 1 amide bonds. The van der Waals surface area contributed by atoms with Crippen LogP contribution in [-0.4, -0.2) is 33.6 Å². The molecule has 26 heavy (non-hydrogen) atoms. The van der Waals surface area contributed by atoms with Crippen molar-refractivity contribution in [3.05, 3.63) is 45.7 Å². The summed E-state index contributed by atoms with van der Waals surface area (Å²) in [5.41, 5.74) is -0.322. The molecule has 8 nitrogen and oxygen atoms in total. The van der Waals surface area contributed by atoms with E-state index in [-0.39, 0.29) is 18.0 Å². The fourth-order valence-electron chi connectivity index (χ4n) is 2.07. The van der Waals surface area contributed by atoms with Crippen molar-refractivity contribution in [2.75, 3.05) is 11.9 Å². The summed E-state index contributed by atoms with van der Waals surface area (Å²) in [6.45, 7) is 0.962. The Hall–Kier alpha value is -2.75. The molecule has 2 aromatic rings. The van der Waals surface area contributed by atoms with Crippen LogP contribution in [0.2, 0.25) is 5.02 Å². The first-order valence-electron chi connectivity index (χ1n) is 7.44. The van der Waals surface area contributed by atoms with Gasteiger partial charge in [-0.1, -0.05) is 18.5 Å². The van der Waals surface area contributed by atoms with Crippen LogP contribution in [0, 0.1) is 16.0 Å². The summed E-state index contributed by atoms with van der Waals surface area (Å²) in [6, 6.07) is 3.36. The monoisotopic (exact) mass is 388 g/mol. The van der Waals surface area contributed by atoms with Crippen molar-refractivity contribution < 1.29 is 23.2 Å². The summed E-state index contributed by atoms with van der Waals surface area (Å²) in [7, 11) is 0. The SMILES string of the molecule is CC(Cn1cc(Cl)cn1)C(=O)Nc1cc(OCC(F)F)cc([N+](=O)[O-])c1. The normalized spacial score (nSPS) is 12.0. The van der Waals surface area contributed by atoms with Crippen molar-refractivity contribution in [2.24, 2.45) is 5.92 Å². The molecule has 2 rings (SSSR count). The molecule has 0 aliphatic carbocycles. The van der Waals surface area contributed by atoms with Crippen molar-refractivity contribution in [3.63, 3.8) is 0 Å². The van der Waals surface area contributed by atoms with Gasteiger partial charge in [-0.2, -0.15) is 5.10 Å².